The van der Waals surface area contributed by atoms with E-state index < -0.39 is 34.8 Å². The highest BCUT2D eigenvalue weighted by atomic mass is 32.1. The number of aliphatic carboxylic acids is 1. The van der Waals surface area contributed by atoms with Crippen LogP contribution < -0.4 is 4.74 Å². The number of benzene rings is 1. The van der Waals surface area contributed by atoms with Crippen molar-refractivity contribution >= 4 is 24.2 Å². The van der Waals surface area contributed by atoms with E-state index >= 15 is 0 Å². The second-order valence-electron chi connectivity index (χ2n) is 8.97. The third-order valence-corrected chi connectivity index (χ3v) is 5.74. The van der Waals surface area contributed by atoms with Crippen LogP contribution in [0.4, 0.5) is 8.78 Å². The van der Waals surface area contributed by atoms with Crippen molar-refractivity contribution in [2.75, 3.05) is 6.61 Å². The van der Waals surface area contributed by atoms with Crippen LogP contribution in [0.25, 0.3) is 11.1 Å². The van der Waals surface area contributed by atoms with Gasteiger partial charge < -0.3 is 14.9 Å². The lowest BCUT2D eigenvalue weighted by Gasteiger charge is -2.27. The molecule has 11 heteroatoms. The molecule has 3 N–H and O–H groups in total. The summed E-state index contributed by atoms with van der Waals surface area (Å²) in [5.74, 6) is -4.04. The fourth-order valence-corrected chi connectivity index (χ4v) is 3.99. The predicted molar refractivity (Wildman–Crippen MR) is 126 cm³/mol. The van der Waals surface area contributed by atoms with Crippen molar-refractivity contribution in [1.82, 2.24) is 14.8 Å². The summed E-state index contributed by atoms with van der Waals surface area (Å²) in [6.45, 7) is 6.84. The maximum atomic E-state index is 14.4. The first kappa shape index (κ1) is 26.0. The Kier molecular flexibility index (Phi) is 7.39. The number of carboxylic acids is 2. The monoisotopic (exact) mass is 505 g/mol. The molecule has 0 spiro atoms. The SMILES string of the molecule is CC(C)c1cc(F)cc(-c2ccnc(OCC(C)(C)n3[nH]c(=S)c(F)c3C(=O)O)c2)c1CC(=O)O. The minimum Gasteiger partial charge on any atom is -0.481 e. The number of aromatic carboxylic acids is 1. The van der Waals surface area contributed by atoms with Gasteiger partial charge in [-0.1, -0.05) is 26.1 Å². The molecule has 0 unspecified atom stereocenters. The Labute approximate surface area is 205 Å². The van der Waals surface area contributed by atoms with Crippen LogP contribution in [0.15, 0.2) is 30.5 Å². The molecule has 0 bridgehead atoms. The number of aromatic nitrogens is 3. The number of aromatic amines is 1. The van der Waals surface area contributed by atoms with E-state index in [1.54, 1.807) is 19.9 Å². The van der Waals surface area contributed by atoms with Gasteiger partial charge in [-0.3, -0.25) is 14.6 Å². The normalized spacial score (nSPS) is 11.6. The highest BCUT2D eigenvalue weighted by Gasteiger charge is 2.31. The van der Waals surface area contributed by atoms with Gasteiger partial charge in [-0.25, -0.2) is 18.6 Å². The zero-order valence-electron chi connectivity index (χ0n) is 19.6. The van der Waals surface area contributed by atoms with E-state index in [9.17, 15) is 28.6 Å². The number of halogens is 2. The molecule has 0 atom stereocenters. The lowest BCUT2D eigenvalue weighted by molar-refractivity contribution is -0.136. The van der Waals surface area contributed by atoms with E-state index in [4.69, 9.17) is 17.0 Å². The average molecular weight is 506 g/mol. The Morgan fingerprint density at radius 2 is 1.91 bits per heavy atom. The summed E-state index contributed by atoms with van der Waals surface area (Å²) >= 11 is 4.84. The van der Waals surface area contributed by atoms with Crippen LogP contribution in [0.3, 0.4) is 0 Å². The van der Waals surface area contributed by atoms with Gasteiger partial charge in [0.15, 0.2) is 16.2 Å². The maximum absolute atomic E-state index is 14.4. The fraction of sp³-hybridized carbons (Fsp3) is 0.333. The Balaban J connectivity index is 1.97. The molecule has 2 aromatic heterocycles. The zero-order valence-corrected chi connectivity index (χ0v) is 20.4. The summed E-state index contributed by atoms with van der Waals surface area (Å²) in [6.07, 6.45) is 1.15. The molecule has 8 nitrogen and oxygen atoms in total. The molecule has 2 heterocycles. The fourth-order valence-electron chi connectivity index (χ4n) is 3.81. The van der Waals surface area contributed by atoms with Gasteiger partial charge in [0.2, 0.25) is 5.88 Å². The average Bonchev–Trinajstić information content (AvgIpc) is 3.08. The number of rotatable bonds is 9. The van der Waals surface area contributed by atoms with Crippen LogP contribution in [0.5, 0.6) is 5.88 Å². The number of carboxylic acid groups (broad SMARTS) is 2. The van der Waals surface area contributed by atoms with Gasteiger partial charge in [0.05, 0.1) is 12.0 Å². The van der Waals surface area contributed by atoms with E-state index in [2.05, 4.69) is 10.1 Å². The highest BCUT2D eigenvalue weighted by molar-refractivity contribution is 7.71. The quantitative estimate of drug-likeness (QED) is 0.344. The van der Waals surface area contributed by atoms with E-state index in [1.807, 2.05) is 13.8 Å². The minimum absolute atomic E-state index is 0.104. The molecule has 0 amide bonds. The Morgan fingerprint density at radius 3 is 2.51 bits per heavy atom. The Morgan fingerprint density at radius 1 is 1.23 bits per heavy atom. The number of nitrogens with one attached hydrogen (secondary N) is 1. The van der Waals surface area contributed by atoms with Crippen molar-refractivity contribution in [2.45, 2.75) is 45.6 Å². The van der Waals surface area contributed by atoms with Crippen LogP contribution >= 0.6 is 12.2 Å². The first-order valence-corrected chi connectivity index (χ1v) is 11.1. The Bertz CT molecular complexity index is 1350. The molecule has 0 aliphatic carbocycles. The van der Waals surface area contributed by atoms with Crippen LogP contribution in [-0.4, -0.2) is 43.5 Å². The lowest BCUT2D eigenvalue weighted by Crippen LogP contribution is -2.36. The summed E-state index contributed by atoms with van der Waals surface area (Å²) in [6, 6.07) is 5.77. The van der Waals surface area contributed by atoms with Gasteiger partial charge in [-0.15, -0.1) is 0 Å². The molecule has 0 radical (unpaired) electrons. The minimum atomic E-state index is -1.49. The molecule has 0 aliphatic rings. The van der Waals surface area contributed by atoms with Gasteiger partial charge >= 0.3 is 11.9 Å². The predicted octanol–water partition coefficient (Wildman–Crippen LogP) is 5.15. The number of H-pyrrole nitrogens is 1. The molecular formula is C24H25F2N3O5S. The van der Waals surface area contributed by atoms with Gasteiger partial charge in [-0.2, -0.15) is 0 Å². The van der Waals surface area contributed by atoms with E-state index in [0.717, 1.165) is 4.68 Å². The largest absolute Gasteiger partial charge is 0.481 e. The Hall–Kier alpha value is -3.60. The van der Waals surface area contributed by atoms with E-state index in [0.29, 0.717) is 22.3 Å². The van der Waals surface area contributed by atoms with Gasteiger partial charge in [0, 0.05) is 12.3 Å². The van der Waals surface area contributed by atoms with Gasteiger partial charge in [-0.05, 0) is 60.2 Å². The third kappa shape index (κ3) is 5.56. The third-order valence-electron chi connectivity index (χ3n) is 5.47. The molecule has 186 valence electrons. The molecule has 0 fully saturated rings. The summed E-state index contributed by atoms with van der Waals surface area (Å²) < 4.78 is 35.2. The number of hydrogen-bond acceptors (Lipinski definition) is 5. The van der Waals surface area contributed by atoms with Crippen molar-refractivity contribution in [1.29, 1.82) is 0 Å². The molecule has 0 aliphatic heterocycles. The molecule has 3 rings (SSSR count). The molecule has 1 aromatic carbocycles. The molecular weight excluding hydrogens is 480 g/mol. The summed E-state index contributed by atoms with van der Waals surface area (Å²) in [5.41, 5.74) is 0.309. The lowest BCUT2D eigenvalue weighted by atomic mass is 9.88. The second-order valence-corrected chi connectivity index (χ2v) is 9.38. The second kappa shape index (κ2) is 9.95. The standard InChI is InChI=1S/C24H25F2N3O5S/c1-12(2)15-8-14(25)9-16(17(15)10-19(30)31)13-5-6-27-18(7-13)34-11-24(3,4)29-21(23(32)33)20(26)22(35)28-29/h5-9,12H,10-11H2,1-4H3,(H,28,35)(H,30,31)(H,32,33). The zero-order chi connectivity index (χ0) is 26.1. The van der Waals surface area contributed by atoms with Crippen LogP contribution in [0.2, 0.25) is 0 Å². The van der Waals surface area contributed by atoms with Crippen molar-refractivity contribution in [3.63, 3.8) is 0 Å². The summed E-state index contributed by atoms with van der Waals surface area (Å²) in [7, 11) is 0. The first-order valence-electron chi connectivity index (χ1n) is 10.7. The molecule has 0 saturated heterocycles. The number of ether oxygens (including phenoxy) is 1. The van der Waals surface area contributed by atoms with Crippen molar-refractivity contribution < 1.29 is 33.3 Å². The van der Waals surface area contributed by atoms with E-state index in [1.165, 1.54) is 24.4 Å². The van der Waals surface area contributed by atoms with Crippen LogP contribution in [0.1, 0.15) is 55.2 Å². The molecule has 3 aromatic rings. The summed E-state index contributed by atoms with van der Waals surface area (Å²) in [5, 5.41) is 21.3. The topological polar surface area (TPSA) is 117 Å². The van der Waals surface area contributed by atoms with Crippen molar-refractivity contribution in [3.05, 3.63) is 63.6 Å². The van der Waals surface area contributed by atoms with Crippen molar-refractivity contribution in [2.24, 2.45) is 0 Å². The number of carbonyl (C=O) groups is 2. The number of hydrogen-bond donors (Lipinski definition) is 3. The van der Waals surface area contributed by atoms with Crippen LogP contribution in [0, 0.1) is 16.3 Å². The van der Waals surface area contributed by atoms with Crippen LogP contribution in [-0.2, 0) is 16.8 Å². The van der Waals surface area contributed by atoms with Crippen molar-refractivity contribution in [3.8, 4) is 17.0 Å². The number of nitrogens with zero attached hydrogens (tertiary/aromatic N) is 2. The highest BCUT2D eigenvalue weighted by Crippen LogP contribution is 2.33. The first-order chi connectivity index (χ1) is 16.3. The van der Waals surface area contributed by atoms with Gasteiger partial charge in [0.25, 0.3) is 0 Å². The molecule has 0 saturated carbocycles. The molecule has 35 heavy (non-hydrogen) atoms. The smallest absolute Gasteiger partial charge is 0.357 e. The van der Waals surface area contributed by atoms with Gasteiger partial charge in [0.1, 0.15) is 12.4 Å². The van der Waals surface area contributed by atoms with E-state index in [-0.39, 0.29) is 29.5 Å². The maximum Gasteiger partial charge on any atom is 0.357 e. The summed E-state index contributed by atoms with van der Waals surface area (Å²) in [4.78, 5) is 27.2. The number of pyridine rings is 1.